The molecule has 4 aliphatic rings. The van der Waals surface area contributed by atoms with E-state index in [0.717, 1.165) is 12.8 Å². The Morgan fingerprint density at radius 2 is 1.73 bits per heavy atom. The van der Waals surface area contributed by atoms with Crippen molar-refractivity contribution in [1.29, 1.82) is 0 Å². The molecule has 0 aromatic heterocycles. The van der Waals surface area contributed by atoms with Crippen LogP contribution in [0.15, 0.2) is 11.1 Å². The van der Waals surface area contributed by atoms with Crippen LogP contribution < -0.4 is 0 Å². The zero-order valence-corrected chi connectivity index (χ0v) is 20.4. The highest BCUT2D eigenvalue weighted by Crippen LogP contribution is 2.72. The smallest absolute Gasteiger partial charge is 0.302 e. The SMILES string of the molecule is CC(=O)O[C@H]1CC[C@]2(C)C3=C(CC[C@H]2C1(C)C)[C@]1(C)CC[C@H]([C@H](C)CO)[C@@]1(C)CC3. The normalized spacial score (nSPS) is 45.9. The standard InChI is InChI=1S/C27H44O3/c1-17(16-28)19-10-14-27(7)21-8-9-22-24(3,4)23(30-18(2)29)12-13-25(22,5)20(21)11-15-26(19,27)6/h17,19,22-23,28H,8-16H2,1-7H3/t17-,19-,22+,23+,25-,26-,27+/m1/s1. The van der Waals surface area contributed by atoms with Crippen LogP contribution in [0, 0.1) is 39.4 Å². The minimum Gasteiger partial charge on any atom is -0.462 e. The van der Waals surface area contributed by atoms with E-state index in [4.69, 9.17) is 4.74 Å². The van der Waals surface area contributed by atoms with Gasteiger partial charge in [0.05, 0.1) is 0 Å². The average molecular weight is 417 g/mol. The number of fused-ring (bicyclic) bond motifs is 4. The molecule has 3 heteroatoms. The third kappa shape index (κ3) is 2.82. The number of allylic oxidation sites excluding steroid dienone is 2. The lowest BCUT2D eigenvalue weighted by Gasteiger charge is -2.62. The maximum absolute atomic E-state index is 11.7. The van der Waals surface area contributed by atoms with Crippen molar-refractivity contribution in [3.8, 4) is 0 Å². The number of carbonyl (C=O) groups excluding carboxylic acids is 1. The Hall–Kier alpha value is -0.830. The van der Waals surface area contributed by atoms with Crippen LogP contribution in [-0.2, 0) is 9.53 Å². The minimum absolute atomic E-state index is 0.0163. The maximum Gasteiger partial charge on any atom is 0.302 e. The van der Waals surface area contributed by atoms with Crippen molar-refractivity contribution in [3.05, 3.63) is 11.1 Å². The molecule has 1 N–H and O–H groups in total. The molecule has 0 heterocycles. The predicted octanol–water partition coefficient (Wildman–Crippen LogP) is 6.30. The summed E-state index contributed by atoms with van der Waals surface area (Å²) in [6.45, 7) is 16.4. The summed E-state index contributed by atoms with van der Waals surface area (Å²) < 4.78 is 5.82. The van der Waals surface area contributed by atoms with Crippen molar-refractivity contribution >= 4 is 5.97 Å². The summed E-state index contributed by atoms with van der Waals surface area (Å²) in [6, 6.07) is 0. The number of hydrogen-bond acceptors (Lipinski definition) is 3. The Bertz CT molecular complexity index is 751. The lowest BCUT2D eigenvalue weighted by atomic mass is 9.43. The van der Waals surface area contributed by atoms with Crippen molar-refractivity contribution < 1.29 is 14.6 Å². The molecule has 0 aromatic rings. The summed E-state index contributed by atoms with van der Waals surface area (Å²) in [5.74, 6) is 1.46. The summed E-state index contributed by atoms with van der Waals surface area (Å²) in [5, 5.41) is 9.91. The Morgan fingerprint density at radius 3 is 2.37 bits per heavy atom. The molecule has 0 amide bonds. The van der Waals surface area contributed by atoms with Gasteiger partial charge in [-0.1, -0.05) is 52.7 Å². The molecule has 7 atom stereocenters. The highest BCUT2D eigenvalue weighted by molar-refractivity contribution is 5.66. The van der Waals surface area contributed by atoms with E-state index in [-0.39, 0.29) is 28.3 Å². The molecular weight excluding hydrogens is 372 g/mol. The number of esters is 1. The second kappa shape index (κ2) is 7.09. The van der Waals surface area contributed by atoms with Crippen LogP contribution in [0.1, 0.15) is 99.8 Å². The Labute approximate surface area is 184 Å². The molecule has 4 aliphatic carbocycles. The van der Waals surface area contributed by atoms with Crippen molar-refractivity contribution in [2.45, 2.75) is 106 Å². The summed E-state index contributed by atoms with van der Waals surface area (Å²) in [4.78, 5) is 11.7. The summed E-state index contributed by atoms with van der Waals surface area (Å²) in [6.07, 6.45) is 9.59. The third-order valence-electron chi connectivity index (χ3n) is 11.0. The quantitative estimate of drug-likeness (QED) is 0.434. The van der Waals surface area contributed by atoms with Gasteiger partial charge < -0.3 is 9.84 Å². The fraction of sp³-hybridized carbons (Fsp3) is 0.889. The summed E-state index contributed by atoms with van der Waals surface area (Å²) in [5.41, 5.74) is 4.39. The van der Waals surface area contributed by atoms with E-state index in [2.05, 4.69) is 41.5 Å². The number of carbonyl (C=O) groups is 1. The van der Waals surface area contributed by atoms with Crippen LogP contribution in [0.25, 0.3) is 0 Å². The first kappa shape index (κ1) is 22.4. The van der Waals surface area contributed by atoms with Crippen molar-refractivity contribution in [3.63, 3.8) is 0 Å². The molecule has 0 aromatic carbocycles. The van der Waals surface area contributed by atoms with Crippen molar-refractivity contribution in [2.75, 3.05) is 6.61 Å². The lowest BCUT2D eigenvalue weighted by molar-refractivity contribution is -0.167. The summed E-state index contributed by atoms with van der Waals surface area (Å²) in [7, 11) is 0. The van der Waals surface area contributed by atoms with Gasteiger partial charge in [0.15, 0.2) is 0 Å². The van der Waals surface area contributed by atoms with E-state index in [9.17, 15) is 9.90 Å². The largest absolute Gasteiger partial charge is 0.462 e. The predicted molar refractivity (Wildman–Crippen MR) is 121 cm³/mol. The van der Waals surface area contributed by atoms with Crippen LogP contribution in [0.2, 0.25) is 0 Å². The number of hydrogen-bond donors (Lipinski definition) is 1. The first-order valence-corrected chi connectivity index (χ1v) is 12.4. The number of ether oxygens (including phenoxy) is 1. The zero-order valence-electron chi connectivity index (χ0n) is 20.4. The van der Waals surface area contributed by atoms with Crippen LogP contribution in [-0.4, -0.2) is 23.8 Å². The Kier molecular flexibility index (Phi) is 5.28. The van der Waals surface area contributed by atoms with Gasteiger partial charge in [0.2, 0.25) is 0 Å². The van der Waals surface area contributed by atoms with E-state index in [1.165, 1.54) is 38.5 Å². The van der Waals surface area contributed by atoms with Gasteiger partial charge in [-0.05, 0) is 85.4 Å². The number of aliphatic hydroxyl groups excluding tert-OH is 1. The zero-order chi connectivity index (χ0) is 22.1. The van der Waals surface area contributed by atoms with Gasteiger partial charge in [0.1, 0.15) is 6.10 Å². The fourth-order valence-electron chi connectivity index (χ4n) is 9.15. The van der Waals surface area contributed by atoms with Gasteiger partial charge in [0.25, 0.3) is 0 Å². The van der Waals surface area contributed by atoms with Crippen LogP contribution in [0.4, 0.5) is 0 Å². The highest BCUT2D eigenvalue weighted by Gasteiger charge is 2.63. The molecule has 0 saturated heterocycles. The molecule has 0 unspecified atom stereocenters. The third-order valence-corrected chi connectivity index (χ3v) is 11.0. The average Bonchev–Trinajstić information content (AvgIpc) is 2.95. The monoisotopic (exact) mass is 416 g/mol. The Morgan fingerprint density at radius 1 is 1.03 bits per heavy atom. The van der Waals surface area contributed by atoms with Gasteiger partial charge in [-0.15, -0.1) is 0 Å². The molecule has 30 heavy (non-hydrogen) atoms. The van der Waals surface area contributed by atoms with Crippen LogP contribution in [0.5, 0.6) is 0 Å². The molecule has 170 valence electrons. The fourth-order valence-corrected chi connectivity index (χ4v) is 9.15. The number of aliphatic hydroxyl groups is 1. The van der Waals surface area contributed by atoms with E-state index < -0.39 is 0 Å². The van der Waals surface area contributed by atoms with Gasteiger partial charge >= 0.3 is 5.97 Å². The van der Waals surface area contributed by atoms with Gasteiger partial charge in [-0.3, -0.25) is 4.79 Å². The van der Waals surface area contributed by atoms with Crippen molar-refractivity contribution in [2.24, 2.45) is 39.4 Å². The highest BCUT2D eigenvalue weighted by atomic mass is 16.5. The molecule has 0 aliphatic heterocycles. The first-order chi connectivity index (χ1) is 13.9. The Balaban J connectivity index is 1.72. The second-order valence-corrected chi connectivity index (χ2v) is 12.5. The molecule has 0 radical (unpaired) electrons. The van der Waals surface area contributed by atoms with E-state index in [1.807, 2.05) is 0 Å². The number of rotatable bonds is 3. The topological polar surface area (TPSA) is 46.5 Å². The van der Waals surface area contributed by atoms with Gasteiger partial charge in [-0.25, -0.2) is 0 Å². The molecule has 4 rings (SSSR count). The molecule has 2 fully saturated rings. The lowest BCUT2D eigenvalue weighted by Crippen LogP contribution is -2.55. The minimum atomic E-state index is -0.136. The van der Waals surface area contributed by atoms with Crippen LogP contribution in [0.3, 0.4) is 0 Å². The molecule has 2 saturated carbocycles. The van der Waals surface area contributed by atoms with E-state index in [1.54, 1.807) is 18.1 Å². The van der Waals surface area contributed by atoms with Crippen molar-refractivity contribution in [1.82, 2.24) is 0 Å². The molecule has 3 nitrogen and oxygen atoms in total. The van der Waals surface area contributed by atoms with E-state index in [0.29, 0.717) is 29.8 Å². The molecular formula is C27H44O3. The van der Waals surface area contributed by atoms with Gasteiger partial charge in [0, 0.05) is 18.9 Å². The van der Waals surface area contributed by atoms with E-state index >= 15 is 0 Å². The maximum atomic E-state index is 11.7. The molecule has 0 spiro atoms. The summed E-state index contributed by atoms with van der Waals surface area (Å²) >= 11 is 0. The second-order valence-electron chi connectivity index (χ2n) is 12.5. The van der Waals surface area contributed by atoms with Gasteiger partial charge in [-0.2, -0.15) is 0 Å². The molecule has 0 bridgehead atoms. The van der Waals surface area contributed by atoms with Crippen LogP contribution >= 0.6 is 0 Å². The first-order valence-electron chi connectivity index (χ1n) is 12.4.